The van der Waals surface area contributed by atoms with Crippen molar-refractivity contribution in [3.05, 3.63) is 141 Å². The first-order valence-electron chi connectivity index (χ1n) is 35.5. The number of rotatable bonds is 17. The normalized spacial score (nSPS) is 27.4. The van der Waals surface area contributed by atoms with Crippen molar-refractivity contribution < 1.29 is 122 Å². The van der Waals surface area contributed by atoms with Crippen LogP contribution in [0.15, 0.2) is 103 Å². The Morgan fingerprint density at radius 1 is 0.699 bits per heavy atom. The SMILES string of the molecule is CNC(CC(C)C)C(=O)NC1C(=O)NC(CC(N)=O)C(=O)NC2C(=O)NC3C(=O)NC(C(=O)NC(C(=O)NCC(=O)Nc4ccc(OC)cc4)c4cc(O)cc(O)c4-c4cc3ccc4O)C(O)c3ccc(c(Cl)c3)Oc3cc2cc(c3OC2OC(CO)C(O)C(O)C2OC2CC(C)(N)C(O)C(C)O2)Oc2ccc(cc2Cl)C1O. The number of hydrogen-bond acceptors (Lipinski definition) is 27. The number of hydrogen-bond donors (Lipinski definition) is 20. The molecule has 0 spiro atoms. The lowest BCUT2D eigenvalue weighted by molar-refractivity contribution is -0.333. The summed E-state index contributed by atoms with van der Waals surface area (Å²) in [4.78, 5) is 134. The number of ether oxygens (including phenoxy) is 7. The van der Waals surface area contributed by atoms with Gasteiger partial charge in [-0.05, 0) is 140 Å². The molecule has 18 unspecified atom stereocenters. The van der Waals surface area contributed by atoms with Crippen LogP contribution in [0.1, 0.15) is 105 Å². The van der Waals surface area contributed by atoms with Crippen LogP contribution in [-0.4, -0.2) is 205 Å². The lowest BCUT2D eigenvalue weighted by Gasteiger charge is -2.47. The number of anilines is 1. The number of aliphatic hydroxyl groups is 6. The van der Waals surface area contributed by atoms with E-state index in [0.717, 1.165) is 66.7 Å². The van der Waals surface area contributed by atoms with Gasteiger partial charge in [0.2, 0.25) is 65.2 Å². The molecule has 0 aliphatic carbocycles. The Labute approximate surface area is 654 Å². The molecule has 9 amide bonds. The first kappa shape index (κ1) is 83.2. The number of carbonyl (C=O) groups excluding carboxylic acids is 9. The van der Waals surface area contributed by atoms with Crippen molar-refractivity contribution in [2.24, 2.45) is 17.4 Å². The molecule has 7 aliphatic heterocycles. The van der Waals surface area contributed by atoms with Crippen molar-refractivity contribution in [3.63, 3.8) is 0 Å². The molecule has 6 aromatic rings. The Morgan fingerprint density at radius 2 is 1.32 bits per heavy atom. The molecule has 6 aromatic carbocycles. The van der Waals surface area contributed by atoms with Crippen molar-refractivity contribution in [1.29, 1.82) is 0 Å². The van der Waals surface area contributed by atoms with Gasteiger partial charge in [0.05, 0.1) is 55.0 Å². The molecular weight excluding hydrogens is 1530 g/mol. The van der Waals surface area contributed by atoms with Gasteiger partial charge < -0.3 is 138 Å². The third-order valence-electron chi connectivity index (χ3n) is 19.6. The summed E-state index contributed by atoms with van der Waals surface area (Å²) in [5.74, 6) is -15.8. The van der Waals surface area contributed by atoms with E-state index in [2.05, 4.69) is 47.9 Å². The van der Waals surface area contributed by atoms with Crippen molar-refractivity contribution in [3.8, 4) is 62.9 Å². The number of phenols is 3. The van der Waals surface area contributed by atoms with Gasteiger partial charge in [-0.25, -0.2) is 0 Å². The number of primary amides is 1. The summed E-state index contributed by atoms with van der Waals surface area (Å²) in [7, 11) is 2.90. The van der Waals surface area contributed by atoms with Gasteiger partial charge in [0.15, 0.2) is 23.9 Å². The van der Waals surface area contributed by atoms with E-state index in [4.69, 9.17) is 67.8 Å². The van der Waals surface area contributed by atoms with E-state index in [9.17, 15) is 69.9 Å². The predicted molar refractivity (Wildman–Crippen MR) is 396 cm³/mol. The number of benzene rings is 6. The van der Waals surface area contributed by atoms with Crippen LogP contribution in [0.3, 0.4) is 0 Å². The molecule has 113 heavy (non-hydrogen) atoms. The first-order chi connectivity index (χ1) is 53.5. The standard InChI is InChI=1S/C75H85Cl2N11O25/c1-29(2)17-42(80-5)67(100)87-58-60(95)32-8-15-46(40(76)19-32)109-48-21-34-22-49(64(48)113-74-65(63(98)62(97)50(28-89)111-74)112-53-26-75(4,79)66(99)30(3)108-53)110-47-16-9-33(20-41(47)77)61(96)59-73(106)86-57(69(102)81-27-52(94)82-35-10-12-37(107-6)13-11-35)39-23-36(90)24-45(92)54(39)38-18-31(7-14-44(38)91)55(70(103)88-59)85-71(104)56(34)84-68(101)43(25-51(78)93)83-72(58)105/h7-16,18-24,29-30,42-43,50,53,55-63,65-66,74,80,89-92,95-99H,17,25-28,79H2,1-6H3,(H2,78,93)(H,81,102)(H,82,94)(H,83,105)(H,84,101)(H,85,104)(H,86,106)(H,87,100)(H,88,103). The first-order valence-corrected chi connectivity index (χ1v) is 36.2. The number of halogens is 2. The van der Waals surface area contributed by atoms with Crippen molar-refractivity contribution in [1.82, 2.24) is 42.5 Å². The minimum atomic E-state index is -2.37. The Kier molecular flexibility index (Phi) is 25.6. The molecule has 604 valence electrons. The van der Waals surface area contributed by atoms with Crippen LogP contribution in [0.25, 0.3) is 11.1 Å². The van der Waals surface area contributed by atoms with Gasteiger partial charge in [0, 0.05) is 34.8 Å². The largest absolute Gasteiger partial charge is 0.508 e. The van der Waals surface area contributed by atoms with Crippen LogP contribution in [-0.2, 0) is 57.4 Å². The molecule has 38 heteroatoms. The van der Waals surface area contributed by atoms with Crippen LogP contribution < -0.4 is 78.3 Å². The van der Waals surface area contributed by atoms with Gasteiger partial charge in [0.25, 0.3) is 0 Å². The van der Waals surface area contributed by atoms with E-state index >= 15 is 19.2 Å². The van der Waals surface area contributed by atoms with E-state index < -0.39 is 250 Å². The summed E-state index contributed by atoms with van der Waals surface area (Å²) >= 11 is 14.3. The summed E-state index contributed by atoms with van der Waals surface area (Å²) < 4.78 is 43.7. The molecule has 22 N–H and O–H groups in total. The summed E-state index contributed by atoms with van der Waals surface area (Å²) in [6, 6.07) is 5.55. The number of aliphatic hydroxyl groups excluding tert-OH is 6. The lowest BCUT2D eigenvalue weighted by Crippen LogP contribution is -2.64. The Hall–Kier alpha value is -10.7. The zero-order valence-corrected chi connectivity index (χ0v) is 62.7. The van der Waals surface area contributed by atoms with Crippen LogP contribution >= 0.6 is 23.2 Å². The summed E-state index contributed by atoms with van der Waals surface area (Å²) in [6.45, 7) is 4.84. The number of amides is 9. The van der Waals surface area contributed by atoms with Gasteiger partial charge in [-0.15, -0.1) is 0 Å². The van der Waals surface area contributed by atoms with Crippen LogP contribution in [0, 0.1) is 5.92 Å². The minimum Gasteiger partial charge on any atom is -0.508 e. The average molecular weight is 1610 g/mol. The minimum absolute atomic E-state index is 0.109. The highest BCUT2D eigenvalue weighted by Gasteiger charge is 2.52. The summed E-state index contributed by atoms with van der Waals surface area (Å²) in [5.41, 5.74) is 8.40. The zero-order valence-electron chi connectivity index (χ0n) is 61.2. The second-order valence-electron chi connectivity index (χ2n) is 28.4. The maximum absolute atomic E-state index is 16.2. The van der Waals surface area contributed by atoms with Crippen LogP contribution in [0.4, 0.5) is 5.69 Å². The molecule has 2 saturated heterocycles. The number of nitrogens with two attached hydrogens (primary N) is 2. The summed E-state index contributed by atoms with van der Waals surface area (Å²) in [6.07, 6.45) is -18.8. The highest BCUT2D eigenvalue weighted by Crippen LogP contribution is 2.50. The molecular formula is C75H85Cl2N11O25. The Morgan fingerprint density at radius 3 is 1.92 bits per heavy atom. The molecule has 18 atom stereocenters. The zero-order chi connectivity index (χ0) is 81.9. The van der Waals surface area contributed by atoms with E-state index in [1.165, 1.54) is 52.3 Å². The van der Waals surface area contributed by atoms with E-state index in [0.29, 0.717) is 5.75 Å². The van der Waals surface area contributed by atoms with Gasteiger partial charge >= 0.3 is 0 Å². The van der Waals surface area contributed by atoms with Crippen LogP contribution in [0.2, 0.25) is 10.0 Å². The molecule has 7 aliphatic rings. The fourth-order valence-corrected chi connectivity index (χ4v) is 14.1. The number of nitrogens with one attached hydrogen (secondary N) is 9. The van der Waals surface area contributed by atoms with Gasteiger partial charge in [0.1, 0.15) is 101 Å². The van der Waals surface area contributed by atoms with Crippen LogP contribution in [0.5, 0.6) is 51.7 Å². The highest BCUT2D eigenvalue weighted by atomic mass is 35.5. The molecule has 11 bridgehead atoms. The van der Waals surface area contributed by atoms with Crippen molar-refractivity contribution in [2.75, 3.05) is 32.6 Å². The Balaban J connectivity index is 1.13. The van der Waals surface area contributed by atoms with E-state index in [1.807, 2.05) is 13.8 Å². The molecule has 7 heterocycles. The number of aromatic hydroxyl groups is 3. The number of carbonyl (C=O) groups is 9. The molecule has 13 rings (SSSR count). The quantitative estimate of drug-likeness (QED) is 0.0600. The molecule has 36 nitrogen and oxygen atoms in total. The maximum atomic E-state index is 16.2. The second kappa shape index (κ2) is 34.7. The van der Waals surface area contributed by atoms with Gasteiger partial charge in [-0.2, -0.15) is 0 Å². The Bertz CT molecular complexity index is 4660. The predicted octanol–water partition coefficient (Wildman–Crippen LogP) is 0.785. The van der Waals surface area contributed by atoms with Gasteiger partial charge in [-0.1, -0.05) is 55.2 Å². The van der Waals surface area contributed by atoms with Crippen molar-refractivity contribution in [2.45, 2.75) is 156 Å². The molecule has 2 fully saturated rings. The number of phenolic OH excluding ortho intramolecular Hbond substituents is 3. The third-order valence-corrected chi connectivity index (χ3v) is 20.2. The van der Waals surface area contributed by atoms with Gasteiger partial charge in [-0.3, -0.25) is 43.2 Å². The third kappa shape index (κ3) is 18.5. The lowest BCUT2D eigenvalue weighted by atomic mass is 9.86. The van der Waals surface area contributed by atoms with E-state index in [-0.39, 0.29) is 51.9 Å². The highest BCUT2D eigenvalue weighted by molar-refractivity contribution is 6.32. The maximum Gasteiger partial charge on any atom is 0.248 e. The summed E-state index contributed by atoms with van der Waals surface area (Å²) in [5, 5.41) is 127. The number of likely N-dealkylation sites (N-methyl/N-ethyl adjacent to an activating group) is 1. The average Bonchev–Trinajstić information content (AvgIpc) is 0.766. The molecule has 0 saturated carbocycles. The number of methoxy groups -OCH3 is 1. The van der Waals surface area contributed by atoms with E-state index in [1.54, 1.807) is 12.1 Å². The second-order valence-corrected chi connectivity index (χ2v) is 29.2. The smallest absolute Gasteiger partial charge is 0.248 e. The fourth-order valence-electron chi connectivity index (χ4n) is 13.7. The monoisotopic (exact) mass is 1610 g/mol. The van der Waals surface area contributed by atoms with Crippen molar-refractivity contribution >= 4 is 82.1 Å². The number of fused-ring (bicyclic) bond motifs is 15. The topological polar surface area (TPSA) is 561 Å². The molecule has 0 aromatic heterocycles. The fraction of sp³-hybridized carbons (Fsp3) is 0.400. The molecule has 0 radical (unpaired) electrons.